The lowest BCUT2D eigenvalue weighted by molar-refractivity contribution is -0.125. The number of hydrogen-bond acceptors (Lipinski definition) is 3. The van der Waals surface area contributed by atoms with Gasteiger partial charge in [-0.05, 0) is 30.5 Å². The zero-order chi connectivity index (χ0) is 15.0. The first-order valence-corrected chi connectivity index (χ1v) is 7.55. The van der Waals surface area contributed by atoms with Crippen LogP contribution in [0, 0.1) is 5.92 Å². The SMILES string of the molecule is CCC(Cc1cccc(Br)c1)C(=O)NCC(O)COC. The molecule has 0 aliphatic carbocycles. The molecule has 4 nitrogen and oxygen atoms in total. The average Bonchev–Trinajstić information content (AvgIpc) is 2.42. The Balaban J connectivity index is 2.51. The van der Waals surface area contributed by atoms with Crippen molar-refractivity contribution in [3.8, 4) is 0 Å². The number of amides is 1. The van der Waals surface area contributed by atoms with Gasteiger partial charge >= 0.3 is 0 Å². The number of benzene rings is 1. The monoisotopic (exact) mass is 343 g/mol. The van der Waals surface area contributed by atoms with Crippen LogP contribution in [0.25, 0.3) is 0 Å². The second kappa shape index (κ2) is 9.10. The molecule has 5 heteroatoms. The lowest BCUT2D eigenvalue weighted by atomic mass is 9.96. The van der Waals surface area contributed by atoms with Crippen molar-refractivity contribution < 1.29 is 14.6 Å². The first-order valence-electron chi connectivity index (χ1n) is 6.76. The highest BCUT2D eigenvalue weighted by Gasteiger charge is 2.17. The molecule has 0 spiro atoms. The molecule has 112 valence electrons. The standard InChI is InChI=1S/C15H22BrNO3/c1-3-12(7-11-5-4-6-13(16)8-11)15(19)17-9-14(18)10-20-2/h4-6,8,12,14,18H,3,7,9-10H2,1-2H3,(H,17,19). The van der Waals surface area contributed by atoms with Crippen molar-refractivity contribution in [1.82, 2.24) is 5.32 Å². The van der Waals surface area contributed by atoms with Crippen LogP contribution in [-0.4, -0.2) is 37.4 Å². The molecular formula is C15H22BrNO3. The molecule has 0 radical (unpaired) electrons. The van der Waals surface area contributed by atoms with Gasteiger partial charge in [-0.15, -0.1) is 0 Å². The van der Waals surface area contributed by atoms with Gasteiger partial charge in [0.25, 0.3) is 0 Å². The maximum atomic E-state index is 12.1. The zero-order valence-electron chi connectivity index (χ0n) is 11.9. The minimum absolute atomic E-state index is 0.0253. The van der Waals surface area contributed by atoms with Crippen LogP contribution in [0.1, 0.15) is 18.9 Å². The summed E-state index contributed by atoms with van der Waals surface area (Å²) in [5.41, 5.74) is 1.12. The number of halogens is 1. The fourth-order valence-corrected chi connectivity index (χ4v) is 2.43. The summed E-state index contributed by atoms with van der Waals surface area (Å²) < 4.78 is 5.84. The van der Waals surface area contributed by atoms with E-state index >= 15 is 0 Å². The lowest BCUT2D eigenvalue weighted by Crippen LogP contribution is -2.38. The number of aliphatic hydroxyl groups is 1. The van der Waals surface area contributed by atoms with E-state index in [1.165, 1.54) is 7.11 Å². The van der Waals surface area contributed by atoms with Crippen LogP contribution >= 0.6 is 15.9 Å². The third-order valence-corrected chi connectivity index (χ3v) is 3.60. The smallest absolute Gasteiger partial charge is 0.223 e. The molecule has 0 bridgehead atoms. The van der Waals surface area contributed by atoms with Crippen molar-refractivity contribution in [2.75, 3.05) is 20.3 Å². The molecule has 2 atom stereocenters. The number of hydrogen-bond donors (Lipinski definition) is 2. The first kappa shape index (κ1) is 17.1. The highest BCUT2D eigenvalue weighted by Crippen LogP contribution is 2.17. The molecule has 1 aromatic carbocycles. The molecule has 2 N–H and O–H groups in total. The Bertz CT molecular complexity index is 425. The Morgan fingerprint density at radius 3 is 2.85 bits per heavy atom. The largest absolute Gasteiger partial charge is 0.389 e. The highest BCUT2D eigenvalue weighted by molar-refractivity contribution is 9.10. The van der Waals surface area contributed by atoms with Crippen molar-refractivity contribution >= 4 is 21.8 Å². The molecule has 0 aromatic heterocycles. The van der Waals surface area contributed by atoms with Crippen molar-refractivity contribution in [3.63, 3.8) is 0 Å². The number of methoxy groups -OCH3 is 1. The van der Waals surface area contributed by atoms with Crippen LogP contribution < -0.4 is 5.32 Å². The number of aliphatic hydroxyl groups excluding tert-OH is 1. The molecule has 2 unspecified atom stereocenters. The quantitative estimate of drug-likeness (QED) is 0.760. The molecule has 0 aliphatic heterocycles. The number of ether oxygens (including phenoxy) is 1. The number of carbonyl (C=O) groups is 1. The number of carbonyl (C=O) groups excluding carboxylic acids is 1. The van der Waals surface area contributed by atoms with Gasteiger partial charge < -0.3 is 15.2 Å². The summed E-state index contributed by atoms with van der Waals surface area (Å²) >= 11 is 3.43. The Morgan fingerprint density at radius 1 is 1.50 bits per heavy atom. The van der Waals surface area contributed by atoms with Gasteiger partial charge in [0.15, 0.2) is 0 Å². The molecule has 0 fully saturated rings. The third-order valence-electron chi connectivity index (χ3n) is 3.11. The van der Waals surface area contributed by atoms with Crippen LogP contribution in [0.15, 0.2) is 28.7 Å². The number of rotatable bonds is 8. The Kier molecular flexibility index (Phi) is 7.80. The van der Waals surface area contributed by atoms with E-state index in [0.717, 1.165) is 16.5 Å². The molecule has 1 aromatic rings. The molecule has 1 amide bonds. The van der Waals surface area contributed by atoms with Crippen molar-refractivity contribution in [2.24, 2.45) is 5.92 Å². The summed E-state index contributed by atoms with van der Waals surface area (Å²) in [6, 6.07) is 7.97. The second-order valence-electron chi connectivity index (χ2n) is 4.79. The molecule has 0 saturated carbocycles. The van der Waals surface area contributed by atoms with Gasteiger partial charge in [-0.25, -0.2) is 0 Å². The van der Waals surface area contributed by atoms with Crippen LogP contribution in [0.5, 0.6) is 0 Å². The van der Waals surface area contributed by atoms with Crippen LogP contribution in [0.4, 0.5) is 0 Å². The molecule has 0 aliphatic rings. The van der Waals surface area contributed by atoms with Gasteiger partial charge in [-0.3, -0.25) is 4.79 Å². The second-order valence-corrected chi connectivity index (χ2v) is 5.71. The van der Waals surface area contributed by atoms with Crippen molar-refractivity contribution in [2.45, 2.75) is 25.9 Å². The normalized spacial score (nSPS) is 13.8. The van der Waals surface area contributed by atoms with Crippen LogP contribution in [-0.2, 0) is 16.0 Å². The van der Waals surface area contributed by atoms with Gasteiger partial charge in [-0.2, -0.15) is 0 Å². The summed E-state index contributed by atoms with van der Waals surface area (Å²) in [4.78, 5) is 12.1. The highest BCUT2D eigenvalue weighted by atomic mass is 79.9. The van der Waals surface area contributed by atoms with E-state index in [1.807, 2.05) is 31.2 Å². The minimum atomic E-state index is -0.660. The van der Waals surface area contributed by atoms with E-state index in [4.69, 9.17) is 4.74 Å². The van der Waals surface area contributed by atoms with Gasteiger partial charge in [0, 0.05) is 24.0 Å². The van der Waals surface area contributed by atoms with E-state index in [-0.39, 0.29) is 25.0 Å². The molecule has 20 heavy (non-hydrogen) atoms. The van der Waals surface area contributed by atoms with Gasteiger partial charge in [0.1, 0.15) is 0 Å². The predicted octanol–water partition coefficient (Wildman–Crippen LogP) is 2.14. The minimum Gasteiger partial charge on any atom is -0.389 e. The van der Waals surface area contributed by atoms with Crippen LogP contribution in [0.2, 0.25) is 0 Å². The summed E-state index contributed by atoms with van der Waals surface area (Å²) in [5, 5.41) is 12.3. The van der Waals surface area contributed by atoms with E-state index < -0.39 is 6.10 Å². The summed E-state index contributed by atoms with van der Waals surface area (Å²) in [7, 11) is 1.52. The predicted molar refractivity (Wildman–Crippen MR) is 82.5 cm³/mol. The first-order chi connectivity index (χ1) is 9.56. The molecule has 0 saturated heterocycles. The van der Waals surface area contributed by atoms with E-state index in [0.29, 0.717) is 6.42 Å². The van der Waals surface area contributed by atoms with E-state index in [1.54, 1.807) is 0 Å². The maximum Gasteiger partial charge on any atom is 0.223 e. The summed E-state index contributed by atoms with van der Waals surface area (Å²) in [6.07, 6.45) is 0.799. The van der Waals surface area contributed by atoms with Gasteiger partial charge in [0.05, 0.1) is 12.7 Å². The molecule has 1 rings (SSSR count). The fourth-order valence-electron chi connectivity index (χ4n) is 1.98. The average molecular weight is 344 g/mol. The van der Waals surface area contributed by atoms with Crippen molar-refractivity contribution in [1.29, 1.82) is 0 Å². The molecule has 0 heterocycles. The Morgan fingerprint density at radius 2 is 2.25 bits per heavy atom. The van der Waals surface area contributed by atoms with Gasteiger partial charge in [0.2, 0.25) is 5.91 Å². The molecular weight excluding hydrogens is 322 g/mol. The van der Waals surface area contributed by atoms with E-state index in [2.05, 4.69) is 21.2 Å². The summed E-state index contributed by atoms with van der Waals surface area (Å²) in [5.74, 6) is -0.110. The van der Waals surface area contributed by atoms with Gasteiger partial charge in [-0.1, -0.05) is 35.0 Å². The Labute approximate surface area is 128 Å². The van der Waals surface area contributed by atoms with E-state index in [9.17, 15) is 9.90 Å². The lowest BCUT2D eigenvalue weighted by Gasteiger charge is -2.17. The Hall–Kier alpha value is -0.910. The number of nitrogens with one attached hydrogen (secondary N) is 1. The topological polar surface area (TPSA) is 58.6 Å². The van der Waals surface area contributed by atoms with Crippen LogP contribution in [0.3, 0.4) is 0 Å². The fraction of sp³-hybridized carbons (Fsp3) is 0.533. The zero-order valence-corrected chi connectivity index (χ0v) is 13.5. The maximum absolute atomic E-state index is 12.1. The summed E-state index contributed by atoms with van der Waals surface area (Å²) in [6.45, 7) is 2.44. The van der Waals surface area contributed by atoms with Crippen molar-refractivity contribution in [3.05, 3.63) is 34.3 Å². The third kappa shape index (κ3) is 6.03.